The number of carbonyl (C=O) groups is 2. The summed E-state index contributed by atoms with van der Waals surface area (Å²) in [6.07, 6.45) is 1.69. The maximum absolute atomic E-state index is 14.9. The predicted octanol–water partition coefficient (Wildman–Crippen LogP) is 6.25. The minimum absolute atomic E-state index is 0. The van der Waals surface area contributed by atoms with Crippen molar-refractivity contribution in [3.05, 3.63) is 87.4 Å². The summed E-state index contributed by atoms with van der Waals surface area (Å²) < 4.78 is 16.7. The molecule has 11 heteroatoms. The van der Waals surface area contributed by atoms with E-state index >= 15 is 0 Å². The summed E-state index contributed by atoms with van der Waals surface area (Å²) in [4.78, 5) is 30.8. The lowest BCUT2D eigenvalue weighted by Gasteiger charge is -2.61. The Morgan fingerprint density at radius 2 is 1.64 bits per heavy atom. The summed E-state index contributed by atoms with van der Waals surface area (Å²) >= 11 is 13.1. The van der Waals surface area contributed by atoms with Crippen molar-refractivity contribution in [1.29, 1.82) is 0 Å². The smallest absolute Gasteiger partial charge is 0.254 e. The number of nitrogens with one attached hydrogen (secondary N) is 1. The SMILES string of the molecule is CCC1(C2CCNC2)C(c2ccc(Cl)c(Cl)c2)C(C(N)=O)(c2ccccc2)CCN1C(=O)c1cc(OC)c(OC)c(OC)c1.Cl. The van der Waals surface area contributed by atoms with Crippen molar-refractivity contribution in [3.63, 3.8) is 0 Å². The maximum atomic E-state index is 14.9. The van der Waals surface area contributed by atoms with Gasteiger partial charge in [-0.25, -0.2) is 0 Å². The van der Waals surface area contributed by atoms with Gasteiger partial charge in [0.2, 0.25) is 11.7 Å². The van der Waals surface area contributed by atoms with Crippen LogP contribution >= 0.6 is 35.6 Å². The summed E-state index contributed by atoms with van der Waals surface area (Å²) in [7, 11) is 4.57. The number of hydrogen-bond acceptors (Lipinski definition) is 6. The summed E-state index contributed by atoms with van der Waals surface area (Å²) in [5.41, 5.74) is 6.51. The van der Waals surface area contributed by atoms with E-state index in [4.69, 9.17) is 43.1 Å². The van der Waals surface area contributed by atoms with E-state index in [9.17, 15) is 9.59 Å². The molecular weight excluding hydrogens is 637 g/mol. The minimum Gasteiger partial charge on any atom is -0.493 e. The van der Waals surface area contributed by atoms with Gasteiger partial charge in [-0.15, -0.1) is 12.4 Å². The summed E-state index contributed by atoms with van der Waals surface area (Å²) in [5, 5.41) is 4.29. The maximum Gasteiger partial charge on any atom is 0.254 e. The van der Waals surface area contributed by atoms with E-state index in [1.54, 1.807) is 18.2 Å². The third-order valence-electron chi connectivity index (χ3n) is 9.72. The second kappa shape index (κ2) is 14.1. The van der Waals surface area contributed by atoms with Crippen molar-refractivity contribution in [2.45, 2.75) is 43.1 Å². The van der Waals surface area contributed by atoms with E-state index in [1.165, 1.54) is 21.3 Å². The van der Waals surface area contributed by atoms with E-state index in [0.717, 1.165) is 24.1 Å². The van der Waals surface area contributed by atoms with Gasteiger partial charge in [0.25, 0.3) is 5.91 Å². The van der Waals surface area contributed by atoms with Crippen LogP contribution in [0.3, 0.4) is 0 Å². The van der Waals surface area contributed by atoms with Crippen molar-refractivity contribution in [2.75, 3.05) is 41.0 Å². The van der Waals surface area contributed by atoms with Crippen molar-refractivity contribution in [3.8, 4) is 17.2 Å². The van der Waals surface area contributed by atoms with Gasteiger partial charge >= 0.3 is 0 Å². The second-order valence-electron chi connectivity index (χ2n) is 11.5. The number of likely N-dealkylation sites (tertiary alicyclic amines) is 1. The van der Waals surface area contributed by atoms with Crippen molar-refractivity contribution >= 4 is 47.4 Å². The highest BCUT2D eigenvalue weighted by molar-refractivity contribution is 6.42. The first-order valence-corrected chi connectivity index (χ1v) is 15.6. The van der Waals surface area contributed by atoms with Crippen LogP contribution in [0, 0.1) is 5.92 Å². The number of rotatable bonds is 9. The van der Waals surface area contributed by atoms with E-state index in [-0.39, 0.29) is 24.2 Å². The molecule has 2 fully saturated rings. The molecule has 3 aromatic carbocycles. The van der Waals surface area contributed by atoms with Crippen LogP contribution in [0.5, 0.6) is 17.2 Å². The molecule has 2 amide bonds. The van der Waals surface area contributed by atoms with Gasteiger partial charge in [0.15, 0.2) is 11.5 Å². The molecule has 0 radical (unpaired) electrons. The average Bonchev–Trinajstić information content (AvgIpc) is 3.60. The lowest BCUT2D eigenvalue weighted by atomic mass is 9.51. The molecule has 4 atom stereocenters. The molecule has 2 saturated heterocycles. The van der Waals surface area contributed by atoms with Gasteiger partial charge in [0.05, 0.1) is 42.3 Å². The van der Waals surface area contributed by atoms with Crippen molar-refractivity contribution < 1.29 is 23.8 Å². The van der Waals surface area contributed by atoms with Gasteiger partial charge in [0, 0.05) is 24.6 Å². The molecular formula is C34H40Cl3N3O5. The number of benzene rings is 3. The molecule has 4 unspecified atom stereocenters. The highest BCUT2D eigenvalue weighted by Gasteiger charge is 2.64. The largest absolute Gasteiger partial charge is 0.493 e. The third kappa shape index (κ3) is 5.71. The van der Waals surface area contributed by atoms with Crippen LogP contribution in [0.4, 0.5) is 0 Å². The summed E-state index contributed by atoms with van der Waals surface area (Å²) in [5.74, 6) is -0.0163. The van der Waals surface area contributed by atoms with Gasteiger partial charge in [-0.2, -0.15) is 0 Å². The van der Waals surface area contributed by atoms with Crippen LogP contribution in [0.15, 0.2) is 60.7 Å². The monoisotopic (exact) mass is 675 g/mol. The number of nitrogens with zero attached hydrogens (tertiary/aromatic N) is 1. The number of ether oxygens (including phenoxy) is 3. The van der Waals surface area contributed by atoms with Crippen LogP contribution < -0.4 is 25.3 Å². The minimum atomic E-state index is -1.14. The van der Waals surface area contributed by atoms with E-state index in [2.05, 4.69) is 12.2 Å². The number of nitrogens with two attached hydrogens (primary N) is 1. The van der Waals surface area contributed by atoms with Crippen molar-refractivity contribution in [1.82, 2.24) is 10.2 Å². The highest BCUT2D eigenvalue weighted by Crippen LogP contribution is 2.59. The van der Waals surface area contributed by atoms with E-state index < -0.39 is 22.8 Å². The zero-order valence-electron chi connectivity index (χ0n) is 25.9. The molecule has 2 heterocycles. The molecule has 5 rings (SSSR count). The van der Waals surface area contributed by atoms with Gasteiger partial charge in [-0.05, 0) is 67.1 Å². The molecule has 45 heavy (non-hydrogen) atoms. The Kier molecular flexibility index (Phi) is 10.9. The standard InChI is InChI=1S/C34H39Cl2N3O5.ClH/c1-5-34(24-13-15-38-20-24)30(21-11-12-25(35)26(36)17-21)33(32(37)41,23-9-7-6-8-10-23)14-16-39(34)31(40)22-18-27(42-2)29(44-4)28(19-22)43-3;/h6-12,17-19,24,30,38H,5,13-16,20H2,1-4H3,(H2,37,41);1H. The predicted molar refractivity (Wildman–Crippen MR) is 180 cm³/mol. The molecule has 0 bridgehead atoms. The topological polar surface area (TPSA) is 103 Å². The zero-order valence-corrected chi connectivity index (χ0v) is 28.2. The first-order chi connectivity index (χ1) is 21.2. The molecule has 242 valence electrons. The molecule has 3 aromatic rings. The lowest BCUT2D eigenvalue weighted by Crippen LogP contribution is -2.70. The van der Waals surface area contributed by atoms with Crippen LogP contribution in [0.2, 0.25) is 10.0 Å². The lowest BCUT2D eigenvalue weighted by molar-refractivity contribution is -0.131. The number of piperidine rings is 1. The third-order valence-corrected chi connectivity index (χ3v) is 10.5. The first-order valence-electron chi connectivity index (χ1n) is 14.8. The Labute approximate surface area is 280 Å². The molecule has 0 aromatic heterocycles. The Bertz CT molecular complexity index is 1510. The number of carbonyl (C=O) groups excluding carboxylic acids is 2. The Balaban J connectivity index is 0.00000461. The van der Waals surface area contributed by atoms with Crippen LogP contribution in [0.1, 0.15) is 53.6 Å². The molecule has 2 aliphatic heterocycles. The van der Waals surface area contributed by atoms with E-state index in [0.29, 0.717) is 58.8 Å². The number of hydrogen-bond donors (Lipinski definition) is 2. The average molecular weight is 677 g/mol. The summed E-state index contributed by atoms with van der Waals surface area (Å²) in [6, 6.07) is 18.5. The molecule has 2 aliphatic rings. The normalized spacial score (nSPS) is 24.4. The number of amides is 2. The van der Waals surface area contributed by atoms with Crippen LogP contribution in [-0.2, 0) is 10.2 Å². The van der Waals surface area contributed by atoms with Gasteiger partial charge in [-0.3, -0.25) is 9.59 Å². The fraction of sp³-hybridized carbons (Fsp3) is 0.412. The van der Waals surface area contributed by atoms with Crippen LogP contribution in [-0.4, -0.2) is 63.2 Å². The van der Waals surface area contributed by atoms with Gasteiger partial charge in [-0.1, -0.05) is 66.5 Å². The van der Waals surface area contributed by atoms with Gasteiger partial charge in [0.1, 0.15) is 0 Å². The quantitative estimate of drug-likeness (QED) is 0.278. The number of methoxy groups -OCH3 is 3. The first kappa shape index (κ1) is 34.7. The second-order valence-corrected chi connectivity index (χ2v) is 12.3. The Morgan fingerprint density at radius 1 is 0.978 bits per heavy atom. The summed E-state index contributed by atoms with van der Waals surface area (Å²) in [6.45, 7) is 3.85. The molecule has 0 saturated carbocycles. The molecule has 0 spiro atoms. The molecule has 0 aliphatic carbocycles. The Hall–Kier alpha value is -3.17. The molecule has 8 nitrogen and oxygen atoms in total. The fourth-order valence-corrected chi connectivity index (χ4v) is 8.12. The Morgan fingerprint density at radius 3 is 2.16 bits per heavy atom. The van der Waals surface area contributed by atoms with Crippen molar-refractivity contribution in [2.24, 2.45) is 11.7 Å². The van der Waals surface area contributed by atoms with Gasteiger partial charge < -0.3 is 30.2 Å². The fourth-order valence-electron chi connectivity index (χ4n) is 7.81. The van der Waals surface area contributed by atoms with E-state index in [1.807, 2.05) is 47.4 Å². The van der Waals surface area contributed by atoms with Crippen LogP contribution in [0.25, 0.3) is 0 Å². The number of halogens is 3. The molecule has 3 N–H and O–H groups in total. The zero-order chi connectivity index (χ0) is 31.6. The number of primary amides is 1. The highest BCUT2D eigenvalue weighted by atomic mass is 35.5.